The van der Waals surface area contributed by atoms with Crippen LogP contribution in [0.25, 0.3) is 22.6 Å². The van der Waals surface area contributed by atoms with Crippen LogP contribution in [-0.2, 0) is 4.74 Å². The van der Waals surface area contributed by atoms with E-state index >= 15 is 0 Å². The number of aliphatic hydroxyl groups excluding tert-OH is 1. The molecule has 2 aromatic heterocycles. The number of hydrogen-bond acceptors (Lipinski definition) is 7. The molecular weight excluding hydrogens is 472 g/mol. The Morgan fingerprint density at radius 1 is 1.11 bits per heavy atom. The van der Waals surface area contributed by atoms with Gasteiger partial charge in [-0.1, -0.05) is 0 Å². The van der Waals surface area contributed by atoms with Gasteiger partial charge in [0.25, 0.3) is 5.91 Å². The molecule has 9 heteroatoms. The second kappa shape index (κ2) is 11.0. The molecule has 0 radical (unpaired) electrons. The lowest BCUT2D eigenvalue weighted by molar-refractivity contribution is 0.0546. The summed E-state index contributed by atoms with van der Waals surface area (Å²) in [6.45, 7) is 3.50. The molecule has 2 N–H and O–H groups in total. The maximum Gasteiger partial charge on any atom is 0.253 e. The summed E-state index contributed by atoms with van der Waals surface area (Å²) < 4.78 is 17.4. The van der Waals surface area contributed by atoms with E-state index in [1.807, 2.05) is 37.3 Å². The molecule has 3 heterocycles. The van der Waals surface area contributed by atoms with Crippen LogP contribution in [0, 0.1) is 0 Å². The lowest BCUT2D eigenvalue weighted by atomic mass is 10.1. The van der Waals surface area contributed by atoms with Crippen molar-refractivity contribution in [2.45, 2.75) is 32.0 Å². The van der Waals surface area contributed by atoms with Gasteiger partial charge in [0.05, 0.1) is 12.7 Å². The fourth-order valence-electron chi connectivity index (χ4n) is 4.37. The van der Waals surface area contributed by atoms with E-state index in [0.29, 0.717) is 66.8 Å². The van der Waals surface area contributed by atoms with Crippen LogP contribution < -0.4 is 9.47 Å². The van der Waals surface area contributed by atoms with Crippen molar-refractivity contribution in [3.05, 3.63) is 66.4 Å². The van der Waals surface area contributed by atoms with Gasteiger partial charge >= 0.3 is 0 Å². The third kappa shape index (κ3) is 5.90. The van der Waals surface area contributed by atoms with Crippen molar-refractivity contribution in [1.82, 2.24) is 19.9 Å². The highest BCUT2D eigenvalue weighted by atomic mass is 16.5. The molecule has 1 atom stereocenters. The summed E-state index contributed by atoms with van der Waals surface area (Å²) in [4.78, 5) is 26.8. The largest absolute Gasteiger partial charge is 0.488 e. The Morgan fingerprint density at radius 3 is 2.59 bits per heavy atom. The molecule has 1 aliphatic rings. The number of aromatic amines is 1. The number of fused-ring (bicyclic) bond motifs is 1. The Bertz CT molecular complexity index is 1330. The number of nitrogens with zero attached hydrogens (tertiary/aromatic N) is 3. The number of benzene rings is 2. The van der Waals surface area contributed by atoms with Crippen molar-refractivity contribution in [2.75, 3.05) is 26.8 Å². The summed E-state index contributed by atoms with van der Waals surface area (Å²) >= 11 is 0. The van der Waals surface area contributed by atoms with Gasteiger partial charge in [-0.05, 0) is 68.3 Å². The number of piperidine rings is 1. The summed E-state index contributed by atoms with van der Waals surface area (Å²) in [5.74, 6) is 2.38. The van der Waals surface area contributed by atoms with Crippen molar-refractivity contribution in [3.8, 4) is 28.6 Å². The summed E-state index contributed by atoms with van der Waals surface area (Å²) in [5, 5.41) is 9.70. The maximum atomic E-state index is 12.8. The predicted molar refractivity (Wildman–Crippen MR) is 139 cm³/mol. The molecule has 0 saturated carbocycles. The molecule has 0 aliphatic carbocycles. The normalized spacial score (nSPS) is 15.1. The van der Waals surface area contributed by atoms with Gasteiger partial charge in [-0.3, -0.25) is 4.79 Å². The average molecular weight is 503 g/mol. The Balaban J connectivity index is 1.38. The minimum Gasteiger partial charge on any atom is -0.488 e. The smallest absolute Gasteiger partial charge is 0.253 e. The van der Waals surface area contributed by atoms with Gasteiger partial charge in [0.2, 0.25) is 0 Å². The summed E-state index contributed by atoms with van der Waals surface area (Å²) in [6, 6.07) is 16.4. The molecule has 2 aromatic carbocycles. The molecule has 4 aromatic rings. The number of amides is 1. The highest BCUT2D eigenvalue weighted by molar-refractivity contribution is 5.94. The first-order valence-electron chi connectivity index (χ1n) is 12.4. The monoisotopic (exact) mass is 502 g/mol. The zero-order valence-corrected chi connectivity index (χ0v) is 20.9. The van der Waals surface area contributed by atoms with Crippen LogP contribution in [0.2, 0.25) is 0 Å². The van der Waals surface area contributed by atoms with Gasteiger partial charge < -0.3 is 29.2 Å². The standard InChI is InChI=1S/C28H30N4O5/c1-18(17-35-2)36-23-14-20(26-30-25-4-3-11-29-27(25)31-26)15-24(16-23)37-22-7-5-19(6-8-22)28(34)32-12-9-21(33)10-13-32/h3-8,11,14-16,18,21,33H,9-10,12-13,17H2,1-2H3,(H,29,30,31)/t18-/m0/s1. The van der Waals surface area contributed by atoms with E-state index in [0.717, 1.165) is 11.1 Å². The topological polar surface area (TPSA) is 110 Å². The first-order chi connectivity index (χ1) is 18.0. The van der Waals surface area contributed by atoms with Crippen LogP contribution in [0.1, 0.15) is 30.1 Å². The number of likely N-dealkylation sites (tertiary alicyclic amines) is 1. The third-order valence-electron chi connectivity index (χ3n) is 6.24. The van der Waals surface area contributed by atoms with Crippen molar-refractivity contribution in [3.63, 3.8) is 0 Å². The zero-order chi connectivity index (χ0) is 25.8. The number of carbonyl (C=O) groups excluding carboxylic acids is 1. The second-order valence-electron chi connectivity index (χ2n) is 9.18. The SMILES string of the molecule is COC[C@H](C)Oc1cc(Oc2ccc(C(=O)N3CCC(O)CC3)cc2)cc(-c2nc3cccnc3[nH]2)c1. The van der Waals surface area contributed by atoms with Crippen LogP contribution in [-0.4, -0.2) is 69.9 Å². The first kappa shape index (κ1) is 24.7. The number of pyridine rings is 1. The lowest BCUT2D eigenvalue weighted by Gasteiger charge is -2.29. The summed E-state index contributed by atoms with van der Waals surface area (Å²) in [5.41, 5.74) is 2.84. The maximum absolute atomic E-state index is 12.8. The Labute approximate surface area is 215 Å². The molecule has 5 rings (SSSR count). The Kier molecular flexibility index (Phi) is 7.34. The molecule has 37 heavy (non-hydrogen) atoms. The summed E-state index contributed by atoms with van der Waals surface area (Å²) in [7, 11) is 1.63. The number of methoxy groups -OCH3 is 1. The molecule has 1 saturated heterocycles. The zero-order valence-electron chi connectivity index (χ0n) is 20.9. The molecule has 1 amide bonds. The van der Waals surface area contributed by atoms with E-state index in [1.165, 1.54) is 0 Å². The number of carbonyl (C=O) groups is 1. The number of aromatic nitrogens is 3. The number of ether oxygens (including phenoxy) is 3. The fourth-order valence-corrected chi connectivity index (χ4v) is 4.37. The minimum atomic E-state index is -0.322. The quantitative estimate of drug-likeness (QED) is 0.367. The molecule has 9 nitrogen and oxygen atoms in total. The van der Waals surface area contributed by atoms with Crippen LogP contribution in [0.3, 0.4) is 0 Å². The van der Waals surface area contributed by atoms with Gasteiger partial charge in [-0.25, -0.2) is 9.97 Å². The van der Waals surface area contributed by atoms with Gasteiger partial charge in [0.15, 0.2) is 5.65 Å². The fraction of sp³-hybridized carbons (Fsp3) is 0.321. The first-order valence-corrected chi connectivity index (χ1v) is 12.4. The summed E-state index contributed by atoms with van der Waals surface area (Å²) in [6.07, 6.45) is 2.45. The van der Waals surface area contributed by atoms with E-state index in [1.54, 1.807) is 42.5 Å². The highest BCUT2D eigenvalue weighted by Crippen LogP contribution is 2.33. The van der Waals surface area contributed by atoms with E-state index in [4.69, 9.17) is 14.2 Å². The van der Waals surface area contributed by atoms with E-state index in [-0.39, 0.29) is 18.1 Å². The minimum absolute atomic E-state index is 0.0400. The van der Waals surface area contributed by atoms with Crippen molar-refractivity contribution in [2.24, 2.45) is 0 Å². The number of nitrogens with one attached hydrogen (secondary N) is 1. The second-order valence-corrected chi connectivity index (χ2v) is 9.18. The molecule has 192 valence electrons. The van der Waals surface area contributed by atoms with Gasteiger partial charge in [0.1, 0.15) is 34.7 Å². The molecule has 0 spiro atoms. The van der Waals surface area contributed by atoms with Crippen LogP contribution in [0.4, 0.5) is 0 Å². The van der Waals surface area contributed by atoms with Crippen LogP contribution >= 0.6 is 0 Å². The third-order valence-corrected chi connectivity index (χ3v) is 6.24. The predicted octanol–water partition coefficient (Wildman–Crippen LogP) is 4.43. The van der Waals surface area contributed by atoms with E-state index in [2.05, 4.69) is 15.0 Å². The van der Waals surface area contributed by atoms with E-state index < -0.39 is 0 Å². The molecule has 0 unspecified atom stereocenters. The Morgan fingerprint density at radius 2 is 1.86 bits per heavy atom. The van der Waals surface area contributed by atoms with Crippen LogP contribution in [0.15, 0.2) is 60.8 Å². The molecular formula is C28H30N4O5. The Hall–Kier alpha value is -3.95. The van der Waals surface area contributed by atoms with Crippen LogP contribution in [0.5, 0.6) is 17.2 Å². The van der Waals surface area contributed by atoms with Gasteiger partial charge in [-0.15, -0.1) is 0 Å². The molecule has 1 aliphatic heterocycles. The molecule has 1 fully saturated rings. The number of H-pyrrole nitrogens is 1. The number of imidazole rings is 1. The number of rotatable bonds is 8. The van der Waals surface area contributed by atoms with Gasteiger partial charge in [-0.2, -0.15) is 0 Å². The highest BCUT2D eigenvalue weighted by Gasteiger charge is 2.22. The number of aliphatic hydroxyl groups is 1. The van der Waals surface area contributed by atoms with Gasteiger partial charge in [0, 0.05) is 43.6 Å². The van der Waals surface area contributed by atoms with Crippen molar-refractivity contribution in [1.29, 1.82) is 0 Å². The van der Waals surface area contributed by atoms with Crippen molar-refractivity contribution >= 4 is 17.1 Å². The lowest BCUT2D eigenvalue weighted by Crippen LogP contribution is -2.40. The number of hydrogen-bond donors (Lipinski definition) is 2. The van der Waals surface area contributed by atoms with E-state index in [9.17, 15) is 9.90 Å². The molecule has 0 bridgehead atoms. The van der Waals surface area contributed by atoms with Crippen molar-refractivity contribution < 1.29 is 24.1 Å². The average Bonchev–Trinajstić information content (AvgIpc) is 3.34.